The van der Waals surface area contributed by atoms with Crippen LogP contribution >= 0.6 is 0 Å². The summed E-state index contributed by atoms with van der Waals surface area (Å²) in [6, 6.07) is 42.5. The predicted octanol–water partition coefficient (Wildman–Crippen LogP) is 10.5. The fourth-order valence-corrected chi connectivity index (χ4v) is 7.01. The minimum absolute atomic E-state index is 0.0659. The molecule has 0 bridgehead atoms. The van der Waals surface area contributed by atoms with Gasteiger partial charge in [-0.3, -0.25) is 9.97 Å². The molecule has 0 fully saturated rings. The SMILES string of the molecule is CC(C)(C)c1cc(-c2cccc(-c3cccc(C4(c5ccccn5)c5ccccc5-c5ccccc54)n3)c2)c(O)c(C(C)(C)C)c1. The lowest BCUT2D eigenvalue weighted by Gasteiger charge is -2.31. The number of pyridine rings is 2. The van der Waals surface area contributed by atoms with Crippen LogP contribution in [-0.2, 0) is 16.2 Å². The van der Waals surface area contributed by atoms with E-state index in [9.17, 15) is 5.11 Å². The van der Waals surface area contributed by atoms with Crippen LogP contribution < -0.4 is 0 Å². The standard InChI is InChI=1S/C43H40N2O/c1-41(2,3)30-26-33(40(46)36(27-30)42(4,5)6)28-15-13-16-29(25-28)37-21-14-23-39(45-37)43(38-22-11-12-24-44-38)34-19-9-7-17-31(34)32-18-8-10-20-35(32)43/h7-27,46H,1-6H3. The Morgan fingerprint density at radius 1 is 0.543 bits per heavy atom. The van der Waals surface area contributed by atoms with Crippen molar-refractivity contribution in [2.75, 3.05) is 0 Å². The first kappa shape index (κ1) is 29.7. The van der Waals surface area contributed by atoms with Crippen molar-refractivity contribution in [3.63, 3.8) is 0 Å². The average Bonchev–Trinajstić information content (AvgIpc) is 3.35. The summed E-state index contributed by atoms with van der Waals surface area (Å²) in [5.74, 6) is 0.340. The van der Waals surface area contributed by atoms with Gasteiger partial charge in [-0.2, -0.15) is 0 Å². The van der Waals surface area contributed by atoms with Gasteiger partial charge in [0, 0.05) is 22.9 Å². The molecule has 2 aromatic heterocycles. The minimum Gasteiger partial charge on any atom is -0.507 e. The molecule has 2 heterocycles. The molecule has 7 rings (SSSR count). The molecule has 0 unspecified atom stereocenters. The molecule has 0 spiro atoms. The maximum absolute atomic E-state index is 11.6. The van der Waals surface area contributed by atoms with E-state index in [-0.39, 0.29) is 10.8 Å². The summed E-state index contributed by atoms with van der Waals surface area (Å²) in [5, 5.41) is 11.6. The van der Waals surface area contributed by atoms with Crippen molar-refractivity contribution >= 4 is 0 Å². The number of aromatic hydroxyl groups is 1. The molecule has 3 heteroatoms. The Hall–Kier alpha value is -5.02. The second-order valence-corrected chi connectivity index (χ2v) is 14.5. The van der Waals surface area contributed by atoms with Gasteiger partial charge in [-0.05, 0) is 80.6 Å². The third-order valence-electron chi connectivity index (χ3n) is 9.39. The van der Waals surface area contributed by atoms with E-state index in [4.69, 9.17) is 9.97 Å². The molecule has 0 atom stereocenters. The van der Waals surface area contributed by atoms with Crippen LogP contribution in [0.1, 0.15) is 75.2 Å². The molecule has 0 saturated heterocycles. The molecule has 6 aromatic rings. The van der Waals surface area contributed by atoms with E-state index in [0.29, 0.717) is 5.75 Å². The van der Waals surface area contributed by atoms with E-state index in [1.165, 1.54) is 27.8 Å². The number of nitrogens with zero attached hydrogens (tertiary/aromatic N) is 2. The van der Waals surface area contributed by atoms with Gasteiger partial charge in [-0.25, -0.2) is 0 Å². The summed E-state index contributed by atoms with van der Waals surface area (Å²) in [7, 11) is 0. The van der Waals surface area contributed by atoms with Crippen molar-refractivity contribution in [1.82, 2.24) is 9.97 Å². The number of hydrogen-bond acceptors (Lipinski definition) is 3. The topological polar surface area (TPSA) is 46.0 Å². The van der Waals surface area contributed by atoms with Crippen molar-refractivity contribution in [1.29, 1.82) is 0 Å². The van der Waals surface area contributed by atoms with Gasteiger partial charge in [0.1, 0.15) is 11.2 Å². The normalized spacial score (nSPS) is 13.7. The highest BCUT2D eigenvalue weighted by Gasteiger charge is 2.48. The molecule has 0 saturated carbocycles. The summed E-state index contributed by atoms with van der Waals surface area (Å²) < 4.78 is 0. The van der Waals surface area contributed by atoms with Crippen LogP contribution in [0.3, 0.4) is 0 Å². The molecule has 0 aliphatic heterocycles. The second kappa shape index (κ2) is 10.8. The highest BCUT2D eigenvalue weighted by molar-refractivity contribution is 5.85. The van der Waals surface area contributed by atoms with Gasteiger partial charge < -0.3 is 5.11 Å². The van der Waals surface area contributed by atoms with Crippen LogP contribution in [0.15, 0.2) is 128 Å². The highest BCUT2D eigenvalue weighted by atomic mass is 16.3. The summed E-state index contributed by atoms with van der Waals surface area (Å²) in [4.78, 5) is 10.4. The molecule has 46 heavy (non-hydrogen) atoms. The Balaban J connectivity index is 1.43. The molecule has 0 amide bonds. The monoisotopic (exact) mass is 600 g/mol. The van der Waals surface area contributed by atoms with Crippen LogP contribution in [0.2, 0.25) is 0 Å². The third kappa shape index (κ3) is 4.73. The number of rotatable bonds is 4. The average molecular weight is 601 g/mol. The largest absolute Gasteiger partial charge is 0.507 e. The Morgan fingerprint density at radius 3 is 1.78 bits per heavy atom. The molecule has 228 valence electrons. The zero-order valence-corrected chi connectivity index (χ0v) is 27.5. The van der Waals surface area contributed by atoms with Gasteiger partial charge in [0.2, 0.25) is 0 Å². The van der Waals surface area contributed by atoms with E-state index in [1.54, 1.807) is 0 Å². The maximum Gasteiger partial charge on any atom is 0.127 e. The van der Waals surface area contributed by atoms with Crippen LogP contribution in [0, 0.1) is 0 Å². The second-order valence-electron chi connectivity index (χ2n) is 14.5. The molecule has 1 aliphatic carbocycles. The minimum atomic E-state index is -0.664. The Labute approximate surface area is 272 Å². The molecular formula is C43H40N2O. The van der Waals surface area contributed by atoms with Gasteiger partial charge in [0.05, 0.1) is 17.1 Å². The molecule has 3 nitrogen and oxygen atoms in total. The quantitative estimate of drug-likeness (QED) is 0.219. The van der Waals surface area contributed by atoms with Crippen LogP contribution in [0.5, 0.6) is 5.75 Å². The van der Waals surface area contributed by atoms with E-state index in [1.807, 2.05) is 12.3 Å². The van der Waals surface area contributed by atoms with Crippen molar-refractivity contribution in [2.24, 2.45) is 0 Å². The lowest BCUT2D eigenvalue weighted by Crippen LogP contribution is -2.31. The maximum atomic E-state index is 11.6. The van der Waals surface area contributed by atoms with Crippen molar-refractivity contribution < 1.29 is 5.11 Å². The third-order valence-corrected chi connectivity index (χ3v) is 9.39. The number of aromatic nitrogens is 2. The number of phenols is 1. The molecule has 0 radical (unpaired) electrons. The number of fused-ring (bicyclic) bond motifs is 3. The van der Waals surface area contributed by atoms with Gasteiger partial charge in [0.15, 0.2) is 0 Å². The summed E-state index contributed by atoms with van der Waals surface area (Å²) in [6.07, 6.45) is 1.87. The predicted molar refractivity (Wildman–Crippen MR) is 189 cm³/mol. The first-order valence-corrected chi connectivity index (χ1v) is 16.1. The van der Waals surface area contributed by atoms with Gasteiger partial charge in [-0.15, -0.1) is 0 Å². The summed E-state index contributed by atoms with van der Waals surface area (Å²) >= 11 is 0. The fraction of sp³-hybridized carbons (Fsp3) is 0.209. The van der Waals surface area contributed by atoms with Crippen LogP contribution in [0.25, 0.3) is 33.5 Å². The molecule has 4 aromatic carbocycles. The Kier molecular flexibility index (Phi) is 6.97. The fourth-order valence-electron chi connectivity index (χ4n) is 7.01. The molecule has 1 aliphatic rings. The zero-order chi connectivity index (χ0) is 32.3. The number of hydrogen-bond donors (Lipinski definition) is 1. The van der Waals surface area contributed by atoms with Crippen LogP contribution in [-0.4, -0.2) is 15.1 Å². The van der Waals surface area contributed by atoms with E-state index in [2.05, 4.69) is 157 Å². The smallest absolute Gasteiger partial charge is 0.127 e. The first-order chi connectivity index (χ1) is 22.0. The Morgan fingerprint density at radius 2 is 1.15 bits per heavy atom. The molecule has 1 N–H and O–H groups in total. The van der Waals surface area contributed by atoms with E-state index >= 15 is 0 Å². The highest BCUT2D eigenvalue weighted by Crippen LogP contribution is 2.55. The lowest BCUT2D eigenvalue weighted by molar-refractivity contribution is 0.446. The first-order valence-electron chi connectivity index (χ1n) is 16.1. The number of benzene rings is 4. The van der Waals surface area contributed by atoms with Gasteiger partial charge in [-0.1, -0.05) is 126 Å². The lowest BCUT2D eigenvalue weighted by atomic mass is 9.72. The van der Waals surface area contributed by atoms with E-state index < -0.39 is 5.41 Å². The zero-order valence-electron chi connectivity index (χ0n) is 27.5. The van der Waals surface area contributed by atoms with Crippen molar-refractivity contribution in [3.05, 3.63) is 161 Å². The molecular weight excluding hydrogens is 560 g/mol. The van der Waals surface area contributed by atoms with Gasteiger partial charge >= 0.3 is 0 Å². The van der Waals surface area contributed by atoms with Crippen molar-refractivity contribution in [2.45, 2.75) is 57.8 Å². The van der Waals surface area contributed by atoms with E-state index in [0.717, 1.165) is 39.3 Å². The Bertz CT molecular complexity index is 2030. The van der Waals surface area contributed by atoms with Crippen LogP contribution in [0.4, 0.5) is 0 Å². The van der Waals surface area contributed by atoms with Gasteiger partial charge in [0.25, 0.3) is 0 Å². The van der Waals surface area contributed by atoms with Crippen molar-refractivity contribution in [3.8, 4) is 39.3 Å². The summed E-state index contributed by atoms with van der Waals surface area (Å²) in [6.45, 7) is 13.1. The number of phenolic OH excluding ortho intramolecular Hbond substituents is 1. The summed E-state index contributed by atoms with van der Waals surface area (Å²) in [5.41, 5.74) is 11.6.